The Morgan fingerprint density at radius 1 is 1.20 bits per heavy atom. The Morgan fingerprint density at radius 3 is 2.50 bits per heavy atom. The van der Waals surface area contributed by atoms with Crippen molar-refractivity contribution < 1.29 is 4.74 Å². The van der Waals surface area contributed by atoms with Gasteiger partial charge in [0.25, 0.3) is 0 Å². The lowest BCUT2D eigenvalue weighted by atomic mass is 9.75. The van der Waals surface area contributed by atoms with E-state index in [2.05, 4.69) is 45.1 Å². The van der Waals surface area contributed by atoms with E-state index >= 15 is 0 Å². The molecule has 0 radical (unpaired) electrons. The average Bonchev–Trinajstić information content (AvgIpc) is 2.69. The summed E-state index contributed by atoms with van der Waals surface area (Å²) in [6, 6.07) is 0. The van der Waals surface area contributed by atoms with Crippen molar-refractivity contribution in [1.82, 2.24) is 10.2 Å². The molecule has 1 aliphatic carbocycles. The first-order chi connectivity index (χ1) is 9.33. The highest BCUT2D eigenvalue weighted by Gasteiger charge is 2.37. The molecule has 1 saturated heterocycles. The molecule has 0 amide bonds. The second-order valence-electron chi connectivity index (χ2n) is 7.99. The molecule has 3 unspecified atom stereocenters. The third kappa shape index (κ3) is 3.96. The Bertz CT molecular complexity index is 316. The van der Waals surface area contributed by atoms with E-state index in [1.54, 1.807) is 0 Å². The Labute approximate surface area is 125 Å². The number of nitrogens with zero attached hydrogens (tertiary/aromatic N) is 1. The predicted octanol–water partition coefficient (Wildman–Crippen LogP) is 3.04. The van der Waals surface area contributed by atoms with Crippen LogP contribution in [-0.2, 0) is 4.74 Å². The van der Waals surface area contributed by atoms with Crippen LogP contribution in [0, 0.1) is 5.92 Å². The molecule has 0 aromatic heterocycles. The van der Waals surface area contributed by atoms with Crippen molar-refractivity contribution >= 4 is 0 Å². The van der Waals surface area contributed by atoms with Crippen LogP contribution in [-0.4, -0.2) is 49.3 Å². The fourth-order valence-electron chi connectivity index (χ4n) is 4.04. The highest BCUT2D eigenvalue weighted by atomic mass is 16.5. The van der Waals surface area contributed by atoms with Crippen LogP contribution in [0.15, 0.2) is 0 Å². The van der Waals surface area contributed by atoms with Crippen molar-refractivity contribution in [2.45, 2.75) is 76.5 Å². The molecule has 2 rings (SSSR count). The van der Waals surface area contributed by atoms with Crippen LogP contribution in [0.5, 0.6) is 0 Å². The summed E-state index contributed by atoms with van der Waals surface area (Å²) in [7, 11) is 4.49. The molecule has 2 aliphatic rings. The molecule has 3 nitrogen and oxygen atoms in total. The summed E-state index contributed by atoms with van der Waals surface area (Å²) < 4.78 is 6.08. The number of rotatable bonds is 5. The molecule has 1 aliphatic heterocycles. The van der Waals surface area contributed by atoms with Crippen LogP contribution in [0.1, 0.15) is 59.3 Å². The quantitative estimate of drug-likeness (QED) is 0.839. The predicted molar refractivity (Wildman–Crippen MR) is 85.1 cm³/mol. The topological polar surface area (TPSA) is 24.5 Å². The lowest BCUT2D eigenvalue weighted by Gasteiger charge is -2.45. The first-order valence-electron chi connectivity index (χ1n) is 8.39. The summed E-state index contributed by atoms with van der Waals surface area (Å²) in [5.41, 5.74) is 0.441. The van der Waals surface area contributed by atoms with Crippen LogP contribution in [0.2, 0.25) is 0 Å². The largest absolute Gasteiger partial charge is 0.371 e. The molecule has 1 saturated carbocycles. The summed E-state index contributed by atoms with van der Waals surface area (Å²) in [5, 5.41) is 3.71. The second-order valence-corrected chi connectivity index (χ2v) is 7.99. The molecule has 3 heteroatoms. The molecule has 3 atom stereocenters. The van der Waals surface area contributed by atoms with E-state index in [-0.39, 0.29) is 5.60 Å². The van der Waals surface area contributed by atoms with E-state index in [4.69, 9.17) is 4.74 Å². The summed E-state index contributed by atoms with van der Waals surface area (Å²) in [4.78, 5) is 2.45. The molecule has 1 heterocycles. The van der Waals surface area contributed by atoms with Crippen molar-refractivity contribution in [2.24, 2.45) is 5.92 Å². The van der Waals surface area contributed by atoms with Gasteiger partial charge in [-0.3, -0.25) is 0 Å². The summed E-state index contributed by atoms with van der Waals surface area (Å²) in [5.74, 6) is 0.856. The van der Waals surface area contributed by atoms with Gasteiger partial charge in [0.05, 0.1) is 11.7 Å². The van der Waals surface area contributed by atoms with Crippen molar-refractivity contribution in [2.75, 3.05) is 27.2 Å². The molecular weight excluding hydrogens is 248 g/mol. The summed E-state index contributed by atoms with van der Waals surface area (Å²) in [6.07, 6.45) is 8.22. The van der Waals surface area contributed by atoms with Crippen LogP contribution in [0.3, 0.4) is 0 Å². The van der Waals surface area contributed by atoms with Crippen LogP contribution in [0.25, 0.3) is 0 Å². The maximum atomic E-state index is 6.08. The van der Waals surface area contributed by atoms with Gasteiger partial charge in [-0.2, -0.15) is 0 Å². The Hall–Kier alpha value is -0.120. The zero-order chi connectivity index (χ0) is 14.8. The SMILES string of the molecule is CC1CCCC(CNCC2CCC(C)(C)O2)(N(C)C)C1. The maximum Gasteiger partial charge on any atom is 0.0707 e. The Balaban J connectivity index is 1.81. The highest BCUT2D eigenvalue weighted by Crippen LogP contribution is 2.35. The zero-order valence-corrected chi connectivity index (χ0v) is 14.2. The minimum atomic E-state index is 0.0882. The number of likely N-dealkylation sites (N-methyl/N-ethyl adjacent to an activating group) is 1. The fraction of sp³-hybridized carbons (Fsp3) is 1.00. The van der Waals surface area contributed by atoms with Crippen molar-refractivity contribution in [1.29, 1.82) is 0 Å². The first-order valence-corrected chi connectivity index (χ1v) is 8.39. The van der Waals surface area contributed by atoms with E-state index in [0.29, 0.717) is 11.6 Å². The second kappa shape index (κ2) is 6.33. The highest BCUT2D eigenvalue weighted by molar-refractivity contribution is 4.95. The Kier molecular flexibility index (Phi) is 5.14. The number of nitrogens with one attached hydrogen (secondary N) is 1. The van der Waals surface area contributed by atoms with Gasteiger partial charge in [0.2, 0.25) is 0 Å². The summed E-state index contributed by atoms with van der Waals surface area (Å²) >= 11 is 0. The third-order valence-corrected chi connectivity index (χ3v) is 5.40. The van der Waals surface area contributed by atoms with Crippen LogP contribution < -0.4 is 5.32 Å². The average molecular weight is 282 g/mol. The lowest BCUT2D eigenvalue weighted by Crippen LogP contribution is -2.54. The molecule has 0 aromatic rings. The molecular formula is C17H34N2O. The monoisotopic (exact) mass is 282 g/mol. The van der Waals surface area contributed by atoms with Gasteiger partial charge in [-0.15, -0.1) is 0 Å². The summed E-state index contributed by atoms with van der Waals surface area (Å²) in [6.45, 7) is 8.92. The minimum absolute atomic E-state index is 0.0882. The maximum absolute atomic E-state index is 6.08. The van der Waals surface area contributed by atoms with E-state index in [0.717, 1.165) is 19.0 Å². The van der Waals surface area contributed by atoms with E-state index in [1.807, 2.05) is 0 Å². The van der Waals surface area contributed by atoms with Gasteiger partial charge in [-0.25, -0.2) is 0 Å². The van der Waals surface area contributed by atoms with Crippen molar-refractivity contribution in [3.63, 3.8) is 0 Å². The molecule has 1 N–H and O–H groups in total. The van der Waals surface area contributed by atoms with Crippen molar-refractivity contribution in [3.05, 3.63) is 0 Å². The number of ether oxygens (including phenoxy) is 1. The molecule has 118 valence electrons. The minimum Gasteiger partial charge on any atom is -0.371 e. The zero-order valence-electron chi connectivity index (χ0n) is 14.2. The van der Waals surface area contributed by atoms with Gasteiger partial charge in [-0.1, -0.05) is 19.8 Å². The Morgan fingerprint density at radius 2 is 1.95 bits per heavy atom. The lowest BCUT2D eigenvalue weighted by molar-refractivity contribution is -0.0165. The van der Waals surface area contributed by atoms with Gasteiger partial charge in [0, 0.05) is 18.6 Å². The normalized spacial score (nSPS) is 37.5. The number of hydrogen-bond acceptors (Lipinski definition) is 3. The molecule has 0 aromatic carbocycles. The van der Waals surface area contributed by atoms with Gasteiger partial charge in [-0.05, 0) is 59.5 Å². The van der Waals surface area contributed by atoms with Gasteiger partial charge < -0.3 is 15.0 Å². The molecule has 20 heavy (non-hydrogen) atoms. The molecule has 2 fully saturated rings. The molecule has 0 spiro atoms. The van der Waals surface area contributed by atoms with Crippen molar-refractivity contribution in [3.8, 4) is 0 Å². The smallest absolute Gasteiger partial charge is 0.0707 e. The van der Waals surface area contributed by atoms with E-state index in [1.165, 1.54) is 38.5 Å². The van der Waals surface area contributed by atoms with E-state index < -0.39 is 0 Å². The van der Waals surface area contributed by atoms with Gasteiger partial charge >= 0.3 is 0 Å². The third-order valence-electron chi connectivity index (χ3n) is 5.40. The van der Waals surface area contributed by atoms with Gasteiger partial charge in [0.1, 0.15) is 0 Å². The standard InChI is InChI=1S/C17H34N2O/c1-14-7-6-9-17(11-14,19(4)5)13-18-12-15-8-10-16(2,3)20-15/h14-15,18H,6-13H2,1-5H3. The van der Waals surface area contributed by atoms with Crippen LogP contribution in [0.4, 0.5) is 0 Å². The van der Waals surface area contributed by atoms with Gasteiger partial charge in [0.15, 0.2) is 0 Å². The van der Waals surface area contributed by atoms with Crippen LogP contribution >= 0.6 is 0 Å². The van der Waals surface area contributed by atoms with E-state index in [9.17, 15) is 0 Å². The first kappa shape index (κ1) is 16.3. The fourth-order valence-corrected chi connectivity index (χ4v) is 4.04. The molecule has 0 bridgehead atoms. The number of hydrogen-bond donors (Lipinski definition) is 1.